The molecule has 164 valence electrons. The normalized spacial score (nSPS) is 21.4. The molecule has 9 heteroatoms. The van der Waals surface area contributed by atoms with Crippen molar-refractivity contribution < 1.29 is 22.4 Å². The Morgan fingerprint density at radius 3 is 2.10 bits per heavy atom. The lowest BCUT2D eigenvalue weighted by atomic mass is 9.84. The Kier molecular flexibility index (Phi) is 6.11. The topological polar surface area (TPSA) is 78.0 Å². The maximum Gasteiger partial charge on any atom is 0.254 e. The van der Waals surface area contributed by atoms with Gasteiger partial charge in [-0.3, -0.25) is 9.59 Å². The Bertz CT molecular complexity index is 918. The van der Waals surface area contributed by atoms with Crippen molar-refractivity contribution in [3.63, 3.8) is 0 Å². The van der Waals surface area contributed by atoms with E-state index < -0.39 is 20.7 Å². The van der Waals surface area contributed by atoms with Crippen molar-refractivity contribution in [3.05, 3.63) is 29.6 Å². The standard InChI is InChI=1S/C21H28FN3O4S/c22-18-8-7-17(15-19(18)30(28,29)25-9-2-1-3-10-25)21(27)24-13-11-23(12-14-24)20(26)16-5-4-6-16/h7-8,15-16H,1-6,9-14H2. The minimum absolute atomic E-state index is 0.131. The number of hydrogen-bond acceptors (Lipinski definition) is 4. The van der Waals surface area contributed by atoms with Crippen LogP contribution in [0.1, 0.15) is 48.9 Å². The number of benzene rings is 1. The van der Waals surface area contributed by atoms with E-state index in [1.807, 2.05) is 4.90 Å². The number of halogens is 1. The van der Waals surface area contributed by atoms with Crippen LogP contribution in [0.4, 0.5) is 4.39 Å². The van der Waals surface area contributed by atoms with E-state index in [1.165, 1.54) is 10.4 Å². The zero-order chi connectivity index (χ0) is 21.3. The van der Waals surface area contributed by atoms with Crippen LogP contribution in [0.3, 0.4) is 0 Å². The average Bonchev–Trinajstić information content (AvgIpc) is 2.73. The minimum Gasteiger partial charge on any atom is -0.339 e. The molecule has 4 rings (SSSR count). The Balaban J connectivity index is 1.46. The van der Waals surface area contributed by atoms with Crippen molar-refractivity contribution in [2.24, 2.45) is 5.92 Å². The molecule has 0 aromatic heterocycles. The number of sulfonamides is 1. The largest absolute Gasteiger partial charge is 0.339 e. The summed E-state index contributed by atoms with van der Waals surface area (Å²) in [5.74, 6) is -0.870. The highest BCUT2D eigenvalue weighted by Gasteiger charge is 2.33. The summed E-state index contributed by atoms with van der Waals surface area (Å²) < 4.78 is 41.5. The van der Waals surface area contributed by atoms with Gasteiger partial charge in [0.25, 0.3) is 5.91 Å². The van der Waals surface area contributed by atoms with Gasteiger partial charge in [-0.2, -0.15) is 4.31 Å². The van der Waals surface area contributed by atoms with Crippen LogP contribution in [0.5, 0.6) is 0 Å². The van der Waals surface area contributed by atoms with Gasteiger partial charge in [0, 0.05) is 50.7 Å². The lowest BCUT2D eigenvalue weighted by molar-refractivity contribution is -0.139. The first-order chi connectivity index (χ1) is 14.4. The van der Waals surface area contributed by atoms with Gasteiger partial charge in [0.2, 0.25) is 15.9 Å². The van der Waals surface area contributed by atoms with Crippen molar-refractivity contribution in [2.45, 2.75) is 43.4 Å². The van der Waals surface area contributed by atoms with Crippen molar-refractivity contribution in [2.75, 3.05) is 39.3 Å². The second-order valence-electron chi connectivity index (χ2n) is 8.36. The SMILES string of the molecule is O=C(c1ccc(F)c(S(=O)(=O)N2CCCCC2)c1)N1CCN(C(=O)C2CCC2)CC1. The number of nitrogens with zero attached hydrogens (tertiary/aromatic N) is 3. The monoisotopic (exact) mass is 437 g/mol. The molecule has 0 radical (unpaired) electrons. The third-order valence-electron chi connectivity index (χ3n) is 6.44. The molecular formula is C21H28FN3O4S. The van der Waals surface area contributed by atoms with Crippen molar-refractivity contribution >= 4 is 21.8 Å². The van der Waals surface area contributed by atoms with Gasteiger partial charge in [-0.1, -0.05) is 12.8 Å². The van der Waals surface area contributed by atoms with Gasteiger partial charge in [0.05, 0.1) is 0 Å². The number of hydrogen-bond donors (Lipinski definition) is 0. The number of piperidine rings is 1. The first-order valence-electron chi connectivity index (χ1n) is 10.8. The van der Waals surface area contributed by atoms with Crippen LogP contribution < -0.4 is 0 Å². The summed E-state index contributed by atoms with van der Waals surface area (Å²) >= 11 is 0. The molecule has 0 unspecified atom stereocenters. The molecule has 2 aliphatic heterocycles. The summed E-state index contributed by atoms with van der Waals surface area (Å²) in [5.41, 5.74) is 0.158. The highest BCUT2D eigenvalue weighted by molar-refractivity contribution is 7.89. The molecule has 1 aromatic carbocycles. The molecule has 30 heavy (non-hydrogen) atoms. The third-order valence-corrected chi connectivity index (χ3v) is 8.36. The van der Waals surface area contributed by atoms with Crippen LogP contribution in [-0.4, -0.2) is 73.6 Å². The smallest absolute Gasteiger partial charge is 0.254 e. The first-order valence-corrected chi connectivity index (χ1v) is 12.2. The van der Waals surface area contributed by atoms with Crippen LogP contribution in [-0.2, 0) is 14.8 Å². The summed E-state index contributed by atoms with van der Waals surface area (Å²) in [6, 6.07) is 3.55. The van der Waals surface area contributed by atoms with E-state index in [0.717, 1.165) is 50.7 Å². The highest BCUT2D eigenvalue weighted by atomic mass is 32.2. The molecule has 0 spiro atoms. The van der Waals surface area contributed by atoms with Gasteiger partial charge in [-0.15, -0.1) is 0 Å². The summed E-state index contributed by atoms with van der Waals surface area (Å²) in [4.78, 5) is 28.3. The van der Waals surface area contributed by atoms with Gasteiger partial charge in [0.15, 0.2) is 0 Å². The molecular weight excluding hydrogens is 409 g/mol. The van der Waals surface area contributed by atoms with E-state index in [9.17, 15) is 22.4 Å². The molecule has 1 aromatic rings. The zero-order valence-corrected chi connectivity index (χ0v) is 17.9. The molecule has 2 saturated heterocycles. The summed E-state index contributed by atoms with van der Waals surface area (Å²) in [7, 11) is -3.97. The highest BCUT2D eigenvalue weighted by Crippen LogP contribution is 2.29. The van der Waals surface area contributed by atoms with E-state index in [4.69, 9.17) is 0 Å². The predicted molar refractivity (Wildman–Crippen MR) is 109 cm³/mol. The summed E-state index contributed by atoms with van der Waals surface area (Å²) in [6.07, 6.45) is 5.46. The van der Waals surface area contributed by atoms with Gasteiger partial charge < -0.3 is 9.80 Å². The van der Waals surface area contributed by atoms with Crippen LogP contribution in [0.25, 0.3) is 0 Å². The molecule has 2 heterocycles. The van der Waals surface area contributed by atoms with Gasteiger partial charge >= 0.3 is 0 Å². The van der Waals surface area contributed by atoms with E-state index in [1.54, 1.807) is 4.90 Å². The Labute approximate surface area is 176 Å². The summed E-state index contributed by atoms with van der Waals surface area (Å²) in [6.45, 7) is 2.47. The number of carbonyl (C=O) groups excluding carboxylic acids is 2. The molecule has 1 aliphatic carbocycles. The van der Waals surface area contributed by atoms with Gasteiger partial charge in [0.1, 0.15) is 10.7 Å². The van der Waals surface area contributed by atoms with Crippen molar-refractivity contribution in [1.82, 2.24) is 14.1 Å². The number of carbonyl (C=O) groups is 2. The van der Waals surface area contributed by atoms with E-state index in [-0.39, 0.29) is 23.3 Å². The maximum atomic E-state index is 14.4. The zero-order valence-electron chi connectivity index (χ0n) is 17.1. The Morgan fingerprint density at radius 2 is 1.50 bits per heavy atom. The quantitative estimate of drug-likeness (QED) is 0.723. The molecule has 2 amide bonds. The van der Waals surface area contributed by atoms with E-state index in [2.05, 4.69) is 0 Å². The van der Waals surface area contributed by atoms with Crippen LogP contribution >= 0.6 is 0 Å². The van der Waals surface area contributed by atoms with Crippen molar-refractivity contribution in [1.29, 1.82) is 0 Å². The molecule has 0 atom stereocenters. The molecule has 0 bridgehead atoms. The lowest BCUT2D eigenvalue weighted by Crippen LogP contribution is -2.52. The maximum absolute atomic E-state index is 14.4. The average molecular weight is 438 g/mol. The Morgan fingerprint density at radius 1 is 0.867 bits per heavy atom. The molecule has 3 fully saturated rings. The summed E-state index contributed by atoms with van der Waals surface area (Å²) in [5, 5.41) is 0. The number of rotatable bonds is 4. The molecule has 1 saturated carbocycles. The van der Waals surface area contributed by atoms with Crippen LogP contribution in [0, 0.1) is 11.7 Å². The van der Waals surface area contributed by atoms with Crippen LogP contribution in [0.2, 0.25) is 0 Å². The Hall–Kier alpha value is -2.00. The van der Waals surface area contributed by atoms with Crippen LogP contribution in [0.15, 0.2) is 23.1 Å². The molecule has 0 N–H and O–H groups in total. The van der Waals surface area contributed by atoms with E-state index in [0.29, 0.717) is 39.3 Å². The lowest BCUT2D eigenvalue weighted by Gasteiger charge is -2.38. The molecule has 7 nitrogen and oxygen atoms in total. The number of piperazine rings is 1. The first kappa shape index (κ1) is 21.2. The number of amides is 2. The van der Waals surface area contributed by atoms with Gasteiger partial charge in [-0.25, -0.2) is 12.8 Å². The second kappa shape index (κ2) is 8.63. The van der Waals surface area contributed by atoms with E-state index >= 15 is 0 Å². The third kappa shape index (κ3) is 4.09. The van der Waals surface area contributed by atoms with Crippen molar-refractivity contribution in [3.8, 4) is 0 Å². The van der Waals surface area contributed by atoms with Gasteiger partial charge in [-0.05, 0) is 43.9 Å². The second-order valence-corrected chi connectivity index (χ2v) is 10.3. The fourth-order valence-electron chi connectivity index (χ4n) is 4.30. The predicted octanol–water partition coefficient (Wildman–Crippen LogP) is 2.08. The molecule has 3 aliphatic rings. The minimum atomic E-state index is -3.97. The fraction of sp³-hybridized carbons (Fsp3) is 0.619. The fourth-order valence-corrected chi connectivity index (χ4v) is 5.91.